The number of hydrogen-bond acceptors (Lipinski definition) is 1. The molecule has 18 heavy (non-hydrogen) atoms. The van der Waals surface area contributed by atoms with Crippen molar-refractivity contribution in [1.82, 2.24) is 0 Å². The van der Waals surface area contributed by atoms with Gasteiger partial charge in [0.2, 0.25) is 0 Å². The summed E-state index contributed by atoms with van der Waals surface area (Å²) >= 11 is 5.94. The maximum Gasteiger partial charge on any atom is 0.416 e. The molecule has 0 atom stereocenters. The third kappa shape index (κ3) is 2.46. The lowest BCUT2D eigenvalue weighted by molar-refractivity contribution is 0.205. The predicted molar refractivity (Wildman–Crippen MR) is 72.8 cm³/mol. The molecule has 0 saturated heterocycles. The van der Waals surface area contributed by atoms with Gasteiger partial charge in [-0.3, -0.25) is 0 Å². The first-order valence-electron chi connectivity index (χ1n) is 5.44. The Kier molecular flexibility index (Phi) is 3.53. The van der Waals surface area contributed by atoms with Gasteiger partial charge in [-0.15, -0.1) is 0 Å². The molecule has 0 spiro atoms. The number of carboxylic acid groups (broad SMARTS) is 1. The predicted octanol–water partition coefficient (Wildman–Crippen LogP) is 4.46. The summed E-state index contributed by atoms with van der Waals surface area (Å²) in [6.07, 6.45) is -1.03. The Balaban J connectivity index is 2.49. The average Bonchev–Trinajstić information content (AvgIpc) is 2.35. The number of nitrogens with zero attached hydrogens (tertiary/aromatic N) is 1. The first-order chi connectivity index (χ1) is 8.59. The lowest BCUT2D eigenvalue weighted by atomic mass is 10.2. The zero-order valence-electron chi connectivity index (χ0n) is 9.80. The highest BCUT2D eigenvalue weighted by molar-refractivity contribution is 6.31. The van der Waals surface area contributed by atoms with E-state index < -0.39 is 6.09 Å². The summed E-state index contributed by atoms with van der Waals surface area (Å²) in [5.74, 6) is 0. The highest BCUT2D eigenvalue weighted by Gasteiger charge is 2.16. The molecule has 2 aromatic rings. The van der Waals surface area contributed by atoms with Crippen LogP contribution in [0.15, 0.2) is 48.5 Å². The minimum Gasteiger partial charge on any atom is -0.464 e. The molecule has 1 amide bonds. The Labute approximate surface area is 110 Å². The van der Waals surface area contributed by atoms with E-state index in [4.69, 9.17) is 11.6 Å². The zero-order chi connectivity index (χ0) is 13.1. The van der Waals surface area contributed by atoms with Gasteiger partial charge in [0.05, 0.1) is 11.4 Å². The minimum absolute atomic E-state index is 0.579. The second kappa shape index (κ2) is 5.10. The van der Waals surface area contributed by atoms with Crippen molar-refractivity contribution in [1.29, 1.82) is 0 Å². The third-order valence-corrected chi connectivity index (χ3v) is 3.03. The van der Waals surface area contributed by atoms with E-state index >= 15 is 0 Å². The van der Waals surface area contributed by atoms with Crippen molar-refractivity contribution < 1.29 is 9.90 Å². The molecule has 0 aromatic heterocycles. The number of aryl methyl sites for hydroxylation is 1. The third-order valence-electron chi connectivity index (χ3n) is 2.61. The van der Waals surface area contributed by atoms with Crippen LogP contribution in [0.25, 0.3) is 0 Å². The van der Waals surface area contributed by atoms with Gasteiger partial charge in [0, 0.05) is 5.02 Å². The summed E-state index contributed by atoms with van der Waals surface area (Å²) in [7, 11) is 0. The number of halogens is 1. The van der Waals surface area contributed by atoms with Crippen LogP contribution in [0.2, 0.25) is 5.02 Å². The second-order valence-electron chi connectivity index (χ2n) is 3.89. The van der Waals surface area contributed by atoms with Crippen LogP contribution in [0.4, 0.5) is 16.2 Å². The van der Waals surface area contributed by atoms with Gasteiger partial charge < -0.3 is 5.11 Å². The molecule has 4 heteroatoms. The molecule has 0 bridgehead atoms. The van der Waals surface area contributed by atoms with Crippen LogP contribution in [0.5, 0.6) is 0 Å². The molecule has 3 nitrogen and oxygen atoms in total. The van der Waals surface area contributed by atoms with Gasteiger partial charge >= 0.3 is 6.09 Å². The molecule has 0 unspecified atom stereocenters. The SMILES string of the molecule is Cc1cc(N(C(=O)O)c2ccccc2)ccc1Cl. The van der Waals surface area contributed by atoms with E-state index in [9.17, 15) is 9.90 Å². The highest BCUT2D eigenvalue weighted by atomic mass is 35.5. The van der Waals surface area contributed by atoms with Crippen LogP contribution in [0.3, 0.4) is 0 Å². The summed E-state index contributed by atoms with van der Waals surface area (Å²) in [6, 6.07) is 14.1. The van der Waals surface area contributed by atoms with E-state index in [-0.39, 0.29) is 0 Å². The normalized spacial score (nSPS) is 10.1. The fourth-order valence-corrected chi connectivity index (χ4v) is 1.83. The van der Waals surface area contributed by atoms with Crippen molar-refractivity contribution in [2.45, 2.75) is 6.92 Å². The van der Waals surface area contributed by atoms with E-state index in [0.29, 0.717) is 16.4 Å². The Morgan fingerprint density at radius 3 is 2.33 bits per heavy atom. The van der Waals surface area contributed by atoms with E-state index in [0.717, 1.165) is 5.56 Å². The molecule has 92 valence electrons. The standard InChI is InChI=1S/C14H12ClNO2/c1-10-9-12(7-8-13(10)15)16(14(17)18)11-5-3-2-4-6-11/h2-9H,1H3,(H,17,18). The quantitative estimate of drug-likeness (QED) is 0.867. The maximum absolute atomic E-state index is 11.4. The average molecular weight is 262 g/mol. The summed E-state index contributed by atoms with van der Waals surface area (Å²) in [5, 5.41) is 9.96. The lowest BCUT2D eigenvalue weighted by Crippen LogP contribution is -2.23. The van der Waals surface area contributed by atoms with E-state index in [1.807, 2.05) is 13.0 Å². The molecule has 0 fully saturated rings. The summed E-state index contributed by atoms with van der Waals surface area (Å²) in [5.41, 5.74) is 2.03. The molecule has 1 N–H and O–H groups in total. The van der Waals surface area contributed by atoms with Crippen molar-refractivity contribution in [3.05, 3.63) is 59.1 Å². The van der Waals surface area contributed by atoms with E-state index in [1.54, 1.807) is 42.5 Å². The van der Waals surface area contributed by atoms with E-state index in [1.165, 1.54) is 4.90 Å². The van der Waals surface area contributed by atoms with Gasteiger partial charge in [0.15, 0.2) is 0 Å². The molecule has 2 aromatic carbocycles. The zero-order valence-corrected chi connectivity index (χ0v) is 10.6. The minimum atomic E-state index is -1.03. The second-order valence-corrected chi connectivity index (χ2v) is 4.29. The van der Waals surface area contributed by atoms with Gasteiger partial charge in [-0.1, -0.05) is 29.8 Å². The lowest BCUT2D eigenvalue weighted by Gasteiger charge is -2.20. The summed E-state index contributed by atoms with van der Waals surface area (Å²) in [6.45, 7) is 1.84. The van der Waals surface area contributed by atoms with Gasteiger partial charge in [-0.05, 0) is 42.8 Å². The van der Waals surface area contributed by atoms with Crippen molar-refractivity contribution in [3.8, 4) is 0 Å². The van der Waals surface area contributed by atoms with Crippen LogP contribution in [0.1, 0.15) is 5.56 Å². The largest absolute Gasteiger partial charge is 0.464 e. The Morgan fingerprint density at radius 1 is 1.11 bits per heavy atom. The Bertz CT molecular complexity index is 569. The molecule has 0 aliphatic heterocycles. The summed E-state index contributed by atoms with van der Waals surface area (Å²) in [4.78, 5) is 12.6. The van der Waals surface area contributed by atoms with Gasteiger partial charge in [0.1, 0.15) is 0 Å². The molecule has 0 aliphatic carbocycles. The smallest absolute Gasteiger partial charge is 0.416 e. The number of anilines is 2. The maximum atomic E-state index is 11.4. The highest BCUT2D eigenvalue weighted by Crippen LogP contribution is 2.28. The monoisotopic (exact) mass is 261 g/mol. The molecule has 0 heterocycles. The molecule has 2 rings (SSSR count). The van der Waals surface area contributed by atoms with Crippen molar-refractivity contribution in [3.63, 3.8) is 0 Å². The van der Waals surface area contributed by atoms with Gasteiger partial charge in [-0.2, -0.15) is 0 Å². The number of benzene rings is 2. The van der Waals surface area contributed by atoms with Crippen LogP contribution in [0, 0.1) is 6.92 Å². The van der Waals surface area contributed by atoms with Gasteiger partial charge in [-0.25, -0.2) is 9.69 Å². The fraction of sp³-hybridized carbons (Fsp3) is 0.0714. The Morgan fingerprint density at radius 2 is 1.78 bits per heavy atom. The van der Waals surface area contributed by atoms with Gasteiger partial charge in [0.25, 0.3) is 0 Å². The van der Waals surface area contributed by atoms with Crippen LogP contribution in [-0.2, 0) is 0 Å². The first-order valence-corrected chi connectivity index (χ1v) is 5.81. The number of para-hydroxylation sites is 1. The van der Waals surface area contributed by atoms with Crippen LogP contribution in [-0.4, -0.2) is 11.2 Å². The molecule has 0 radical (unpaired) electrons. The molecular formula is C14H12ClNO2. The molecular weight excluding hydrogens is 250 g/mol. The number of carbonyl (C=O) groups is 1. The van der Waals surface area contributed by atoms with Crippen molar-refractivity contribution >= 4 is 29.1 Å². The number of hydrogen-bond donors (Lipinski definition) is 1. The number of amides is 1. The topological polar surface area (TPSA) is 40.5 Å². The fourth-order valence-electron chi connectivity index (χ4n) is 1.71. The molecule has 0 aliphatic rings. The van der Waals surface area contributed by atoms with Crippen LogP contribution < -0.4 is 4.90 Å². The summed E-state index contributed by atoms with van der Waals surface area (Å²) < 4.78 is 0. The van der Waals surface area contributed by atoms with Crippen LogP contribution >= 0.6 is 11.6 Å². The number of rotatable bonds is 2. The molecule has 0 saturated carbocycles. The van der Waals surface area contributed by atoms with Crippen molar-refractivity contribution in [2.24, 2.45) is 0 Å². The van der Waals surface area contributed by atoms with E-state index in [2.05, 4.69) is 0 Å². The first kappa shape index (κ1) is 12.5. The van der Waals surface area contributed by atoms with Crippen molar-refractivity contribution in [2.75, 3.05) is 4.90 Å². The Hall–Kier alpha value is -2.00.